The van der Waals surface area contributed by atoms with Crippen LogP contribution in [0.2, 0.25) is 0 Å². The van der Waals surface area contributed by atoms with Gasteiger partial charge in [0, 0.05) is 30.8 Å². The number of nitrogens with zero attached hydrogens (tertiary/aromatic N) is 1. The number of para-hydroxylation sites is 1. The van der Waals surface area contributed by atoms with E-state index < -0.39 is 0 Å². The lowest BCUT2D eigenvalue weighted by molar-refractivity contribution is 0.288. The number of hydrogen-bond donors (Lipinski definition) is 1. The Kier molecular flexibility index (Phi) is 2.55. The summed E-state index contributed by atoms with van der Waals surface area (Å²) >= 11 is 0. The molecule has 0 radical (unpaired) electrons. The molecule has 0 fully saturated rings. The molecule has 14 heavy (non-hydrogen) atoms. The highest BCUT2D eigenvalue weighted by Gasteiger charge is 2.04. The van der Waals surface area contributed by atoms with Gasteiger partial charge in [-0.25, -0.2) is 0 Å². The average Bonchev–Trinajstić information content (AvgIpc) is 2.54. The molecule has 0 aliphatic carbocycles. The van der Waals surface area contributed by atoms with E-state index in [2.05, 4.69) is 42.1 Å². The summed E-state index contributed by atoms with van der Waals surface area (Å²) in [4.78, 5) is 0. The van der Waals surface area contributed by atoms with E-state index in [4.69, 9.17) is 5.11 Å². The van der Waals surface area contributed by atoms with Crippen LogP contribution < -0.4 is 0 Å². The second-order valence-electron chi connectivity index (χ2n) is 3.61. The highest BCUT2D eigenvalue weighted by molar-refractivity contribution is 5.83. The average molecular weight is 189 g/mol. The summed E-state index contributed by atoms with van der Waals surface area (Å²) in [5.74, 6) is 0. The Labute approximate surface area is 83.8 Å². The van der Waals surface area contributed by atoms with Crippen LogP contribution in [0.3, 0.4) is 0 Å². The molecule has 0 unspecified atom stereocenters. The summed E-state index contributed by atoms with van der Waals surface area (Å²) in [5.41, 5.74) is 2.59. The molecule has 0 saturated heterocycles. The van der Waals surface area contributed by atoms with Crippen molar-refractivity contribution < 1.29 is 5.11 Å². The molecular formula is C12H15NO. The maximum absolute atomic E-state index is 8.80. The first kappa shape index (κ1) is 9.28. The molecule has 1 N–H and O–H groups in total. The van der Waals surface area contributed by atoms with Gasteiger partial charge in [0.1, 0.15) is 0 Å². The highest BCUT2D eigenvalue weighted by Crippen LogP contribution is 2.21. The molecule has 1 aromatic carbocycles. The Hall–Kier alpha value is -1.28. The summed E-state index contributed by atoms with van der Waals surface area (Å²) in [6.45, 7) is 0.267. The SMILES string of the molecule is Cn1cc(CCCO)c2ccccc21. The van der Waals surface area contributed by atoms with Crippen LogP contribution in [-0.2, 0) is 13.5 Å². The van der Waals surface area contributed by atoms with Gasteiger partial charge in [-0.2, -0.15) is 0 Å². The van der Waals surface area contributed by atoms with Crippen LogP contribution in [0.15, 0.2) is 30.5 Å². The molecule has 0 bridgehead atoms. The number of hydrogen-bond acceptors (Lipinski definition) is 1. The minimum atomic E-state index is 0.267. The maximum atomic E-state index is 8.80. The molecule has 0 spiro atoms. The Morgan fingerprint density at radius 1 is 1.29 bits per heavy atom. The molecule has 74 valence electrons. The fourth-order valence-electron chi connectivity index (χ4n) is 1.89. The molecular weight excluding hydrogens is 174 g/mol. The van der Waals surface area contributed by atoms with Crippen LogP contribution in [0, 0.1) is 0 Å². The predicted octanol–water partition coefficient (Wildman–Crippen LogP) is 2.10. The molecule has 0 amide bonds. The predicted molar refractivity (Wildman–Crippen MR) is 58.3 cm³/mol. The second-order valence-corrected chi connectivity index (χ2v) is 3.61. The van der Waals surface area contributed by atoms with E-state index in [-0.39, 0.29) is 6.61 Å². The number of aliphatic hydroxyl groups is 1. The molecule has 0 aliphatic rings. The Balaban J connectivity index is 2.44. The van der Waals surface area contributed by atoms with Crippen LogP contribution >= 0.6 is 0 Å². The standard InChI is InChI=1S/C12H15NO/c1-13-9-10(5-4-8-14)11-6-2-3-7-12(11)13/h2-3,6-7,9,14H,4-5,8H2,1H3. The van der Waals surface area contributed by atoms with E-state index in [9.17, 15) is 0 Å². The normalized spacial score (nSPS) is 11.0. The van der Waals surface area contributed by atoms with Crippen molar-refractivity contribution in [2.24, 2.45) is 7.05 Å². The zero-order valence-electron chi connectivity index (χ0n) is 8.40. The zero-order valence-corrected chi connectivity index (χ0v) is 8.40. The van der Waals surface area contributed by atoms with Gasteiger partial charge in [0.15, 0.2) is 0 Å². The third-order valence-corrected chi connectivity index (χ3v) is 2.58. The van der Waals surface area contributed by atoms with E-state index in [1.807, 2.05) is 0 Å². The van der Waals surface area contributed by atoms with Gasteiger partial charge in [-0.05, 0) is 24.5 Å². The molecule has 1 aromatic heterocycles. The number of aromatic nitrogens is 1. The van der Waals surface area contributed by atoms with Gasteiger partial charge >= 0.3 is 0 Å². The third-order valence-electron chi connectivity index (χ3n) is 2.58. The van der Waals surface area contributed by atoms with E-state index in [1.165, 1.54) is 16.5 Å². The lowest BCUT2D eigenvalue weighted by Gasteiger charge is -1.95. The van der Waals surface area contributed by atoms with Crippen molar-refractivity contribution in [3.63, 3.8) is 0 Å². The molecule has 2 aromatic rings. The molecule has 2 heteroatoms. The zero-order chi connectivity index (χ0) is 9.97. The van der Waals surface area contributed by atoms with Gasteiger partial charge < -0.3 is 9.67 Å². The van der Waals surface area contributed by atoms with Crippen molar-refractivity contribution in [1.82, 2.24) is 4.57 Å². The van der Waals surface area contributed by atoms with Crippen molar-refractivity contribution in [2.45, 2.75) is 12.8 Å². The third kappa shape index (κ3) is 1.53. The fourth-order valence-corrected chi connectivity index (χ4v) is 1.89. The Bertz CT molecular complexity index is 431. The molecule has 0 aliphatic heterocycles. The summed E-state index contributed by atoms with van der Waals surface area (Å²) < 4.78 is 2.14. The first-order valence-corrected chi connectivity index (χ1v) is 4.96. The molecule has 1 heterocycles. The smallest absolute Gasteiger partial charge is 0.0480 e. The molecule has 0 atom stereocenters. The molecule has 2 nitrogen and oxygen atoms in total. The number of aryl methyl sites for hydroxylation is 2. The van der Waals surface area contributed by atoms with Crippen molar-refractivity contribution in [1.29, 1.82) is 0 Å². The van der Waals surface area contributed by atoms with Gasteiger partial charge in [0.05, 0.1) is 0 Å². The van der Waals surface area contributed by atoms with Crippen LogP contribution in [0.5, 0.6) is 0 Å². The lowest BCUT2D eigenvalue weighted by Crippen LogP contribution is -1.87. The van der Waals surface area contributed by atoms with Crippen LogP contribution in [0.1, 0.15) is 12.0 Å². The van der Waals surface area contributed by atoms with Gasteiger partial charge in [0.25, 0.3) is 0 Å². The van der Waals surface area contributed by atoms with Crippen molar-refractivity contribution in [2.75, 3.05) is 6.61 Å². The molecule has 0 saturated carbocycles. The van der Waals surface area contributed by atoms with Gasteiger partial charge in [-0.15, -0.1) is 0 Å². The maximum Gasteiger partial charge on any atom is 0.0480 e. The van der Waals surface area contributed by atoms with E-state index in [0.717, 1.165) is 12.8 Å². The first-order chi connectivity index (χ1) is 6.83. The van der Waals surface area contributed by atoms with E-state index >= 15 is 0 Å². The topological polar surface area (TPSA) is 25.2 Å². The minimum Gasteiger partial charge on any atom is -0.396 e. The van der Waals surface area contributed by atoms with E-state index in [1.54, 1.807) is 0 Å². The fraction of sp³-hybridized carbons (Fsp3) is 0.333. The molecule has 2 rings (SSSR count). The lowest BCUT2D eigenvalue weighted by atomic mass is 10.1. The van der Waals surface area contributed by atoms with Crippen LogP contribution in [-0.4, -0.2) is 16.3 Å². The van der Waals surface area contributed by atoms with Crippen LogP contribution in [0.25, 0.3) is 10.9 Å². The van der Waals surface area contributed by atoms with E-state index in [0.29, 0.717) is 0 Å². The second kappa shape index (κ2) is 3.84. The Morgan fingerprint density at radius 3 is 2.86 bits per heavy atom. The van der Waals surface area contributed by atoms with Crippen molar-refractivity contribution in [3.8, 4) is 0 Å². The number of rotatable bonds is 3. The van der Waals surface area contributed by atoms with Crippen molar-refractivity contribution in [3.05, 3.63) is 36.0 Å². The van der Waals surface area contributed by atoms with Gasteiger partial charge in [-0.3, -0.25) is 0 Å². The number of fused-ring (bicyclic) bond motifs is 1. The quantitative estimate of drug-likeness (QED) is 0.786. The number of aliphatic hydroxyl groups excluding tert-OH is 1. The van der Waals surface area contributed by atoms with Crippen molar-refractivity contribution >= 4 is 10.9 Å². The largest absolute Gasteiger partial charge is 0.396 e. The van der Waals surface area contributed by atoms with Gasteiger partial charge in [0.2, 0.25) is 0 Å². The summed E-state index contributed by atoms with van der Waals surface area (Å²) in [5, 5.41) is 10.1. The minimum absolute atomic E-state index is 0.267. The summed E-state index contributed by atoms with van der Waals surface area (Å²) in [7, 11) is 2.06. The number of benzene rings is 1. The summed E-state index contributed by atoms with van der Waals surface area (Å²) in [6.07, 6.45) is 3.95. The van der Waals surface area contributed by atoms with Gasteiger partial charge in [-0.1, -0.05) is 18.2 Å². The first-order valence-electron chi connectivity index (χ1n) is 4.96. The Morgan fingerprint density at radius 2 is 2.07 bits per heavy atom. The van der Waals surface area contributed by atoms with Crippen LogP contribution in [0.4, 0.5) is 0 Å². The highest BCUT2D eigenvalue weighted by atomic mass is 16.2. The monoisotopic (exact) mass is 189 g/mol. The summed E-state index contributed by atoms with van der Waals surface area (Å²) in [6, 6.07) is 8.38.